The number of ether oxygens (including phenoxy) is 1. The van der Waals surface area contributed by atoms with Crippen molar-refractivity contribution in [3.05, 3.63) is 58.6 Å². The lowest BCUT2D eigenvalue weighted by Gasteiger charge is -2.29. The van der Waals surface area contributed by atoms with Gasteiger partial charge < -0.3 is 9.64 Å². The van der Waals surface area contributed by atoms with Crippen molar-refractivity contribution in [1.29, 1.82) is 0 Å². The lowest BCUT2D eigenvalue weighted by Crippen LogP contribution is -2.35. The normalized spacial score (nSPS) is 13.7. The lowest BCUT2D eigenvalue weighted by atomic mass is 10.0. The molecular formula is C17H16ClNO2. The average molecular weight is 302 g/mol. The summed E-state index contributed by atoms with van der Waals surface area (Å²) in [6.07, 6.45) is 2.00. The summed E-state index contributed by atoms with van der Waals surface area (Å²) in [7, 11) is 1.56. The number of amides is 1. The number of fused-ring (bicyclic) bond motifs is 1. The van der Waals surface area contributed by atoms with E-state index in [-0.39, 0.29) is 5.91 Å². The molecule has 0 aliphatic carbocycles. The third-order valence-corrected chi connectivity index (χ3v) is 4.05. The Labute approximate surface area is 129 Å². The summed E-state index contributed by atoms with van der Waals surface area (Å²) in [4.78, 5) is 14.6. The Kier molecular flexibility index (Phi) is 3.84. The summed E-state index contributed by atoms with van der Waals surface area (Å²) in [6.45, 7) is 0.736. The quantitative estimate of drug-likeness (QED) is 0.841. The minimum Gasteiger partial charge on any atom is -0.495 e. The van der Waals surface area contributed by atoms with Crippen molar-refractivity contribution in [2.24, 2.45) is 0 Å². The van der Waals surface area contributed by atoms with Crippen molar-refractivity contribution in [1.82, 2.24) is 0 Å². The second-order valence-electron chi connectivity index (χ2n) is 5.04. The Morgan fingerprint density at radius 3 is 2.81 bits per heavy atom. The molecule has 2 aromatic carbocycles. The zero-order chi connectivity index (χ0) is 14.8. The topological polar surface area (TPSA) is 29.5 Å². The van der Waals surface area contributed by atoms with Gasteiger partial charge in [0.15, 0.2) is 0 Å². The van der Waals surface area contributed by atoms with Crippen LogP contribution in [-0.4, -0.2) is 19.6 Å². The first-order valence-corrected chi connectivity index (χ1v) is 7.32. The molecule has 0 saturated carbocycles. The van der Waals surface area contributed by atoms with Crippen LogP contribution in [0.25, 0.3) is 0 Å². The van der Waals surface area contributed by atoms with Crippen LogP contribution < -0.4 is 9.64 Å². The highest BCUT2D eigenvalue weighted by atomic mass is 35.5. The number of anilines is 1. The predicted octanol–water partition coefficient (Wildman–Crippen LogP) is 3.94. The molecule has 0 bridgehead atoms. The van der Waals surface area contributed by atoms with Gasteiger partial charge in [-0.05, 0) is 42.7 Å². The zero-order valence-corrected chi connectivity index (χ0v) is 12.6. The summed E-state index contributed by atoms with van der Waals surface area (Å²) in [6, 6.07) is 13.2. The number of nitrogens with zero attached hydrogens (tertiary/aromatic N) is 1. The fourth-order valence-corrected chi connectivity index (χ4v) is 2.96. The first-order chi connectivity index (χ1) is 10.2. The number of para-hydroxylation sites is 1. The number of hydrogen-bond donors (Lipinski definition) is 0. The van der Waals surface area contributed by atoms with Gasteiger partial charge in [0.25, 0.3) is 5.91 Å². The summed E-state index contributed by atoms with van der Waals surface area (Å²) < 4.78 is 5.12. The van der Waals surface area contributed by atoms with Crippen LogP contribution in [-0.2, 0) is 6.42 Å². The van der Waals surface area contributed by atoms with E-state index in [0.717, 1.165) is 25.1 Å². The number of methoxy groups -OCH3 is 1. The molecule has 21 heavy (non-hydrogen) atoms. The van der Waals surface area contributed by atoms with Crippen molar-refractivity contribution < 1.29 is 9.53 Å². The molecule has 2 aromatic rings. The molecule has 3 rings (SSSR count). The molecule has 0 saturated heterocycles. The Morgan fingerprint density at radius 2 is 2.05 bits per heavy atom. The average Bonchev–Trinajstić information content (AvgIpc) is 2.53. The van der Waals surface area contributed by atoms with Crippen LogP contribution in [0.2, 0.25) is 5.02 Å². The zero-order valence-electron chi connectivity index (χ0n) is 11.8. The molecule has 108 valence electrons. The molecule has 0 spiro atoms. The van der Waals surface area contributed by atoms with Crippen LogP contribution in [0, 0.1) is 0 Å². The van der Waals surface area contributed by atoms with Crippen LogP contribution in [0.3, 0.4) is 0 Å². The molecule has 4 heteroatoms. The molecule has 1 amide bonds. The maximum Gasteiger partial charge on any atom is 0.258 e. The van der Waals surface area contributed by atoms with E-state index in [9.17, 15) is 4.79 Å². The standard InChI is InChI=1S/C17H16ClNO2/c1-21-16-9-8-13(11-14(16)18)17(20)19-10-4-6-12-5-2-3-7-15(12)19/h2-3,5,7-9,11H,4,6,10H2,1H3. The van der Waals surface area contributed by atoms with Gasteiger partial charge in [0.1, 0.15) is 5.75 Å². The number of hydrogen-bond acceptors (Lipinski definition) is 2. The van der Waals surface area contributed by atoms with E-state index in [1.807, 2.05) is 23.1 Å². The summed E-state index contributed by atoms with van der Waals surface area (Å²) in [5.41, 5.74) is 2.80. The van der Waals surface area contributed by atoms with Gasteiger partial charge in [0.2, 0.25) is 0 Å². The predicted molar refractivity (Wildman–Crippen MR) is 84.4 cm³/mol. The monoisotopic (exact) mass is 301 g/mol. The highest BCUT2D eigenvalue weighted by Gasteiger charge is 2.23. The second-order valence-corrected chi connectivity index (χ2v) is 5.45. The fraction of sp³-hybridized carbons (Fsp3) is 0.235. The van der Waals surface area contributed by atoms with Gasteiger partial charge in [-0.15, -0.1) is 0 Å². The Morgan fingerprint density at radius 1 is 1.24 bits per heavy atom. The van der Waals surface area contributed by atoms with Crippen molar-refractivity contribution in [3.63, 3.8) is 0 Å². The van der Waals surface area contributed by atoms with Crippen LogP contribution in [0.5, 0.6) is 5.75 Å². The minimum absolute atomic E-state index is 0.0216. The number of carbonyl (C=O) groups excluding carboxylic acids is 1. The van der Waals surface area contributed by atoms with Gasteiger partial charge >= 0.3 is 0 Å². The molecule has 0 atom stereocenters. The number of rotatable bonds is 2. The van der Waals surface area contributed by atoms with E-state index in [2.05, 4.69) is 6.07 Å². The third kappa shape index (κ3) is 2.61. The van der Waals surface area contributed by atoms with Crippen LogP contribution in [0.15, 0.2) is 42.5 Å². The maximum atomic E-state index is 12.7. The Balaban J connectivity index is 1.95. The maximum absolute atomic E-state index is 12.7. The van der Waals surface area contributed by atoms with E-state index in [0.29, 0.717) is 16.3 Å². The molecule has 1 aliphatic heterocycles. The second kappa shape index (κ2) is 5.78. The first kappa shape index (κ1) is 14.0. The van der Waals surface area contributed by atoms with E-state index >= 15 is 0 Å². The SMILES string of the molecule is COc1ccc(C(=O)N2CCCc3ccccc32)cc1Cl. The van der Waals surface area contributed by atoms with Crippen molar-refractivity contribution in [3.8, 4) is 5.75 Å². The molecule has 0 aromatic heterocycles. The van der Waals surface area contributed by atoms with Gasteiger partial charge in [-0.25, -0.2) is 0 Å². The molecule has 3 nitrogen and oxygen atoms in total. The smallest absolute Gasteiger partial charge is 0.258 e. The molecule has 0 fully saturated rings. The van der Waals surface area contributed by atoms with Gasteiger partial charge in [-0.2, -0.15) is 0 Å². The van der Waals surface area contributed by atoms with Crippen molar-refractivity contribution in [2.75, 3.05) is 18.6 Å². The molecular weight excluding hydrogens is 286 g/mol. The van der Waals surface area contributed by atoms with Gasteiger partial charge in [-0.1, -0.05) is 29.8 Å². The summed E-state index contributed by atoms with van der Waals surface area (Å²) in [5, 5.41) is 0.452. The van der Waals surface area contributed by atoms with Crippen molar-refractivity contribution in [2.45, 2.75) is 12.8 Å². The van der Waals surface area contributed by atoms with E-state index < -0.39 is 0 Å². The Hall–Kier alpha value is -2.00. The van der Waals surface area contributed by atoms with E-state index in [1.54, 1.807) is 25.3 Å². The largest absolute Gasteiger partial charge is 0.495 e. The fourth-order valence-electron chi connectivity index (χ4n) is 2.70. The highest BCUT2D eigenvalue weighted by Crippen LogP contribution is 2.30. The van der Waals surface area contributed by atoms with Gasteiger partial charge in [0.05, 0.1) is 12.1 Å². The van der Waals surface area contributed by atoms with Crippen LogP contribution in [0.4, 0.5) is 5.69 Å². The van der Waals surface area contributed by atoms with Gasteiger partial charge in [-0.3, -0.25) is 4.79 Å². The van der Waals surface area contributed by atoms with Crippen LogP contribution >= 0.6 is 11.6 Å². The molecule has 1 heterocycles. The molecule has 0 N–H and O–H groups in total. The summed E-state index contributed by atoms with van der Waals surface area (Å²) >= 11 is 6.12. The van der Waals surface area contributed by atoms with E-state index in [4.69, 9.17) is 16.3 Å². The number of carbonyl (C=O) groups is 1. The highest BCUT2D eigenvalue weighted by molar-refractivity contribution is 6.32. The van der Waals surface area contributed by atoms with E-state index in [1.165, 1.54) is 5.56 Å². The minimum atomic E-state index is -0.0216. The summed E-state index contributed by atoms with van der Waals surface area (Å²) in [5.74, 6) is 0.555. The third-order valence-electron chi connectivity index (χ3n) is 3.75. The molecule has 0 unspecified atom stereocenters. The Bertz CT molecular complexity index is 684. The number of halogens is 1. The molecule has 0 radical (unpaired) electrons. The lowest BCUT2D eigenvalue weighted by molar-refractivity contribution is 0.0985. The first-order valence-electron chi connectivity index (χ1n) is 6.94. The van der Waals surface area contributed by atoms with Crippen molar-refractivity contribution >= 4 is 23.2 Å². The van der Waals surface area contributed by atoms with Crippen LogP contribution in [0.1, 0.15) is 22.3 Å². The number of aryl methyl sites for hydroxylation is 1. The van der Waals surface area contributed by atoms with Gasteiger partial charge in [0, 0.05) is 17.8 Å². The number of benzene rings is 2. The molecule has 1 aliphatic rings.